The van der Waals surface area contributed by atoms with Crippen molar-refractivity contribution in [3.8, 4) is 5.75 Å². The molecule has 0 unspecified atom stereocenters. The van der Waals surface area contributed by atoms with Gasteiger partial charge in [0.15, 0.2) is 6.61 Å². The zero-order valence-corrected chi connectivity index (χ0v) is 12.1. The van der Waals surface area contributed by atoms with Gasteiger partial charge in [0, 0.05) is 18.7 Å². The highest BCUT2D eigenvalue weighted by atomic mass is 16.5. The van der Waals surface area contributed by atoms with Crippen molar-refractivity contribution in [2.24, 2.45) is 5.73 Å². The molecule has 0 fully saturated rings. The number of carbonyl (C=O) groups is 1. The van der Waals surface area contributed by atoms with Crippen LogP contribution in [0, 0.1) is 6.92 Å². The predicted octanol–water partition coefficient (Wildman–Crippen LogP) is 2.15. The van der Waals surface area contributed by atoms with Gasteiger partial charge in [-0.2, -0.15) is 0 Å². The Labute approximate surface area is 124 Å². The lowest BCUT2D eigenvalue weighted by molar-refractivity contribution is -0.123. The van der Waals surface area contributed by atoms with E-state index in [9.17, 15) is 4.79 Å². The first-order valence-electron chi connectivity index (χ1n) is 6.92. The molecule has 2 aromatic rings. The summed E-state index contributed by atoms with van der Waals surface area (Å²) in [4.78, 5) is 11.8. The van der Waals surface area contributed by atoms with Crippen LogP contribution in [0.5, 0.6) is 5.75 Å². The number of hydrogen-bond acceptors (Lipinski definition) is 3. The quantitative estimate of drug-likeness (QED) is 0.854. The first-order valence-corrected chi connectivity index (χ1v) is 6.92. The van der Waals surface area contributed by atoms with E-state index >= 15 is 0 Å². The van der Waals surface area contributed by atoms with Crippen LogP contribution in [-0.4, -0.2) is 12.5 Å². The number of ether oxygens (including phenoxy) is 1. The van der Waals surface area contributed by atoms with Gasteiger partial charge in [-0.1, -0.05) is 48.0 Å². The van der Waals surface area contributed by atoms with Gasteiger partial charge in [-0.15, -0.1) is 0 Å². The molecule has 21 heavy (non-hydrogen) atoms. The van der Waals surface area contributed by atoms with Gasteiger partial charge in [0.25, 0.3) is 5.91 Å². The Morgan fingerprint density at radius 2 is 1.95 bits per heavy atom. The largest absolute Gasteiger partial charge is 0.483 e. The fourth-order valence-electron chi connectivity index (χ4n) is 2.00. The lowest BCUT2D eigenvalue weighted by Gasteiger charge is -2.11. The summed E-state index contributed by atoms with van der Waals surface area (Å²) in [5, 5.41) is 2.82. The number of amides is 1. The molecule has 0 bridgehead atoms. The van der Waals surface area contributed by atoms with E-state index in [1.165, 1.54) is 0 Å². The van der Waals surface area contributed by atoms with Gasteiger partial charge < -0.3 is 15.8 Å². The molecule has 0 saturated carbocycles. The molecule has 4 nitrogen and oxygen atoms in total. The summed E-state index contributed by atoms with van der Waals surface area (Å²) >= 11 is 0. The van der Waals surface area contributed by atoms with E-state index in [0.29, 0.717) is 18.8 Å². The second-order valence-electron chi connectivity index (χ2n) is 4.87. The van der Waals surface area contributed by atoms with Crippen molar-refractivity contribution in [2.75, 3.05) is 6.61 Å². The van der Waals surface area contributed by atoms with Gasteiger partial charge in [-0.3, -0.25) is 4.79 Å². The Morgan fingerprint density at radius 1 is 1.19 bits per heavy atom. The smallest absolute Gasteiger partial charge is 0.258 e. The number of nitrogens with one attached hydrogen (secondary N) is 1. The highest BCUT2D eigenvalue weighted by Crippen LogP contribution is 2.19. The summed E-state index contributed by atoms with van der Waals surface area (Å²) in [6.45, 7) is 2.88. The minimum Gasteiger partial charge on any atom is -0.483 e. The molecule has 0 aromatic heterocycles. The Balaban J connectivity index is 1.84. The second-order valence-corrected chi connectivity index (χ2v) is 4.87. The summed E-state index contributed by atoms with van der Waals surface area (Å²) in [5.41, 5.74) is 8.77. The van der Waals surface area contributed by atoms with Gasteiger partial charge in [0.2, 0.25) is 0 Å². The fourth-order valence-corrected chi connectivity index (χ4v) is 2.00. The molecule has 4 heteroatoms. The van der Waals surface area contributed by atoms with Crippen LogP contribution in [0.4, 0.5) is 0 Å². The molecule has 2 aromatic carbocycles. The molecule has 110 valence electrons. The average Bonchev–Trinajstić information content (AvgIpc) is 2.52. The average molecular weight is 284 g/mol. The molecular weight excluding hydrogens is 264 g/mol. The molecule has 3 N–H and O–H groups in total. The minimum absolute atomic E-state index is 0.0110. The number of carbonyl (C=O) groups excluding carboxylic acids is 1. The standard InChI is InChI=1S/C17H20N2O2/c1-13-7-8-16(15(9-13)10-18)21-12-17(20)19-11-14-5-3-2-4-6-14/h2-9H,10-12,18H2,1H3,(H,19,20). The van der Waals surface area contributed by atoms with E-state index < -0.39 is 0 Å². The summed E-state index contributed by atoms with van der Waals surface area (Å²) in [6, 6.07) is 15.5. The molecule has 2 rings (SSSR count). The van der Waals surface area contributed by atoms with E-state index in [1.807, 2.05) is 55.5 Å². The molecule has 1 amide bonds. The molecule has 0 aliphatic heterocycles. The SMILES string of the molecule is Cc1ccc(OCC(=O)NCc2ccccc2)c(CN)c1. The Morgan fingerprint density at radius 3 is 2.67 bits per heavy atom. The van der Waals surface area contributed by atoms with Crippen molar-refractivity contribution in [3.63, 3.8) is 0 Å². The van der Waals surface area contributed by atoms with Crippen LogP contribution in [0.15, 0.2) is 48.5 Å². The highest BCUT2D eigenvalue weighted by molar-refractivity contribution is 5.77. The summed E-state index contributed by atoms with van der Waals surface area (Å²) in [7, 11) is 0. The maximum atomic E-state index is 11.8. The summed E-state index contributed by atoms with van der Waals surface area (Å²) in [6.07, 6.45) is 0. The number of rotatable bonds is 6. The first-order chi connectivity index (χ1) is 10.2. The third kappa shape index (κ3) is 4.61. The normalized spacial score (nSPS) is 10.2. The molecule has 0 radical (unpaired) electrons. The number of benzene rings is 2. The van der Waals surface area contributed by atoms with Crippen molar-refractivity contribution >= 4 is 5.91 Å². The Kier molecular flexibility index (Phi) is 5.35. The van der Waals surface area contributed by atoms with Crippen molar-refractivity contribution < 1.29 is 9.53 Å². The predicted molar refractivity (Wildman–Crippen MR) is 82.9 cm³/mol. The number of nitrogens with two attached hydrogens (primary N) is 1. The molecule has 0 aliphatic rings. The third-order valence-electron chi connectivity index (χ3n) is 3.13. The van der Waals surface area contributed by atoms with Crippen LogP contribution in [0.25, 0.3) is 0 Å². The maximum absolute atomic E-state index is 11.8. The van der Waals surface area contributed by atoms with Crippen LogP contribution in [0.3, 0.4) is 0 Å². The van der Waals surface area contributed by atoms with Gasteiger partial charge in [0.1, 0.15) is 5.75 Å². The van der Waals surface area contributed by atoms with Crippen molar-refractivity contribution in [1.82, 2.24) is 5.32 Å². The van der Waals surface area contributed by atoms with Crippen LogP contribution < -0.4 is 15.8 Å². The van der Waals surface area contributed by atoms with Crippen molar-refractivity contribution in [1.29, 1.82) is 0 Å². The van der Waals surface area contributed by atoms with E-state index in [0.717, 1.165) is 16.7 Å². The maximum Gasteiger partial charge on any atom is 0.258 e. The summed E-state index contributed by atoms with van der Waals surface area (Å²) < 4.78 is 5.54. The molecule has 0 atom stereocenters. The van der Waals surface area contributed by atoms with Crippen molar-refractivity contribution in [2.45, 2.75) is 20.0 Å². The molecular formula is C17H20N2O2. The second kappa shape index (κ2) is 7.45. The number of hydrogen-bond donors (Lipinski definition) is 2. The first kappa shape index (κ1) is 15.1. The molecule has 0 spiro atoms. The monoisotopic (exact) mass is 284 g/mol. The van der Waals surface area contributed by atoms with Gasteiger partial charge in [-0.05, 0) is 18.6 Å². The van der Waals surface area contributed by atoms with Crippen LogP contribution in [0.1, 0.15) is 16.7 Å². The van der Waals surface area contributed by atoms with Gasteiger partial charge in [0.05, 0.1) is 0 Å². The zero-order chi connectivity index (χ0) is 15.1. The topological polar surface area (TPSA) is 64.3 Å². The molecule has 0 saturated heterocycles. The van der Waals surface area contributed by atoms with E-state index in [2.05, 4.69) is 5.32 Å². The van der Waals surface area contributed by atoms with Gasteiger partial charge in [-0.25, -0.2) is 0 Å². The van der Waals surface area contributed by atoms with E-state index in [-0.39, 0.29) is 12.5 Å². The molecule has 0 aliphatic carbocycles. The van der Waals surface area contributed by atoms with Crippen LogP contribution >= 0.6 is 0 Å². The van der Waals surface area contributed by atoms with Crippen molar-refractivity contribution in [3.05, 3.63) is 65.2 Å². The third-order valence-corrected chi connectivity index (χ3v) is 3.13. The van der Waals surface area contributed by atoms with E-state index in [4.69, 9.17) is 10.5 Å². The summed E-state index contributed by atoms with van der Waals surface area (Å²) in [5.74, 6) is 0.514. The fraction of sp³-hybridized carbons (Fsp3) is 0.235. The highest BCUT2D eigenvalue weighted by Gasteiger charge is 2.06. The van der Waals surface area contributed by atoms with Crippen LogP contribution in [0.2, 0.25) is 0 Å². The minimum atomic E-state index is -0.151. The van der Waals surface area contributed by atoms with Crippen LogP contribution in [-0.2, 0) is 17.9 Å². The number of aryl methyl sites for hydroxylation is 1. The lowest BCUT2D eigenvalue weighted by Crippen LogP contribution is -2.28. The Hall–Kier alpha value is -2.33. The van der Waals surface area contributed by atoms with Gasteiger partial charge >= 0.3 is 0 Å². The van der Waals surface area contributed by atoms with E-state index in [1.54, 1.807) is 0 Å². The Bertz CT molecular complexity index is 597. The zero-order valence-electron chi connectivity index (χ0n) is 12.1. The lowest BCUT2D eigenvalue weighted by atomic mass is 10.1. The molecule has 0 heterocycles.